The van der Waals surface area contributed by atoms with E-state index < -0.39 is 0 Å². The molecule has 0 N–H and O–H groups in total. The van der Waals surface area contributed by atoms with Crippen LogP contribution in [0.5, 0.6) is 5.75 Å². The van der Waals surface area contributed by atoms with Gasteiger partial charge in [0.1, 0.15) is 6.10 Å². The van der Waals surface area contributed by atoms with E-state index in [1.807, 2.05) is 13.1 Å². The van der Waals surface area contributed by atoms with Crippen molar-refractivity contribution in [1.82, 2.24) is 14.8 Å². The summed E-state index contributed by atoms with van der Waals surface area (Å²) in [7, 11) is 5.16. The lowest BCUT2D eigenvalue weighted by Gasteiger charge is -2.33. The molecule has 0 aliphatic carbocycles. The lowest BCUT2D eigenvalue weighted by Crippen LogP contribution is -2.39. The van der Waals surface area contributed by atoms with E-state index in [1.165, 1.54) is 0 Å². The fourth-order valence-corrected chi connectivity index (χ4v) is 3.14. The summed E-state index contributed by atoms with van der Waals surface area (Å²) in [5, 5.41) is 4.20. The van der Waals surface area contributed by atoms with Crippen LogP contribution in [0.3, 0.4) is 0 Å². The maximum Gasteiger partial charge on any atom is 0.234 e. The summed E-state index contributed by atoms with van der Waals surface area (Å²) in [6, 6.07) is 5.47. The Bertz CT molecular complexity index is 715. The van der Waals surface area contributed by atoms with Crippen LogP contribution in [0.1, 0.15) is 24.6 Å². The lowest BCUT2D eigenvalue weighted by molar-refractivity contribution is -0.132. The predicted molar refractivity (Wildman–Crippen MR) is 88.8 cm³/mol. The molecule has 7 nitrogen and oxygen atoms in total. The van der Waals surface area contributed by atoms with Crippen LogP contribution in [0.25, 0.3) is 0 Å². The molecule has 24 heavy (non-hydrogen) atoms. The molecule has 3 heterocycles. The van der Waals surface area contributed by atoms with Gasteiger partial charge in [0.2, 0.25) is 5.91 Å². The van der Waals surface area contributed by atoms with Crippen LogP contribution in [-0.2, 0) is 16.6 Å². The van der Waals surface area contributed by atoms with E-state index >= 15 is 0 Å². The first-order chi connectivity index (χ1) is 11.6. The molecule has 0 saturated carbocycles. The highest BCUT2D eigenvalue weighted by Crippen LogP contribution is 2.36. The van der Waals surface area contributed by atoms with Crippen molar-refractivity contribution in [2.24, 2.45) is 13.0 Å². The molecule has 0 unspecified atom stereocenters. The molecule has 1 amide bonds. The number of ether oxygens (including phenoxy) is 2. The van der Waals surface area contributed by atoms with Gasteiger partial charge in [0.05, 0.1) is 18.7 Å². The van der Waals surface area contributed by atoms with Gasteiger partial charge < -0.3 is 9.47 Å². The van der Waals surface area contributed by atoms with Gasteiger partial charge in [0, 0.05) is 33.1 Å². The Morgan fingerprint density at radius 3 is 2.96 bits per heavy atom. The van der Waals surface area contributed by atoms with Crippen LogP contribution in [-0.4, -0.2) is 41.4 Å². The Hall–Kier alpha value is -2.41. The molecule has 0 spiro atoms. The smallest absolute Gasteiger partial charge is 0.234 e. The predicted octanol–water partition coefficient (Wildman–Crippen LogP) is 1.95. The molecule has 1 fully saturated rings. The summed E-state index contributed by atoms with van der Waals surface area (Å²) < 4.78 is 13.0. The van der Waals surface area contributed by atoms with Crippen LogP contribution in [0.4, 0.5) is 5.82 Å². The number of methoxy groups -OCH3 is 1. The lowest BCUT2D eigenvalue weighted by atomic mass is 9.90. The van der Waals surface area contributed by atoms with Gasteiger partial charge in [0.15, 0.2) is 11.6 Å². The molecule has 2 atom stereocenters. The number of aryl methyl sites for hydroxylation is 1. The van der Waals surface area contributed by atoms with Gasteiger partial charge in [-0.25, -0.2) is 4.98 Å². The second-order valence-electron chi connectivity index (χ2n) is 5.85. The monoisotopic (exact) mass is 330 g/mol. The van der Waals surface area contributed by atoms with E-state index in [0.29, 0.717) is 18.2 Å². The molecular formula is C17H22N4O3. The van der Waals surface area contributed by atoms with Gasteiger partial charge in [-0.05, 0) is 31.0 Å². The number of nitrogens with zero attached hydrogens (tertiary/aromatic N) is 4. The van der Waals surface area contributed by atoms with Crippen LogP contribution in [0.2, 0.25) is 0 Å². The zero-order valence-electron chi connectivity index (χ0n) is 14.2. The normalized spacial score (nSPS) is 20.6. The molecular weight excluding hydrogens is 308 g/mol. The van der Waals surface area contributed by atoms with Crippen LogP contribution in [0.15, 0.2) is 30.6 Å². The number of hydrogen-bond acceptors (Lipinski definition) is 5. The number of rotatable bonds is 4. The van der Waals surface area contributed by atoms with Crippen molar-refractivity contribution in [2.75, 3.05) is 25.7 Å². The third kappa shape index (κ3) is 2.99. The number of amides is 1. The first-order valence-electron chi connectivity index (χ1n) is 7.99. The molecule has 1 saturated heterocycles. The second-order valence-corrected chi connectivity index (χ2v) is 5.85. The first kappa shape index (κ1) is 16.4. The van der Waals surface area contributed by atoms with Gasteiger partial charge in [0.25, 0.3) is 0 Å². The van der Waals surface area contributed by atoms with Crippen molar-refractivity contribution in [3.8, 4) is 5.75 Å². The minimum absolute atomic E-state index is 0.0297. The van der Waals surface area contributed by atoms with Crippen LogP contribution < -0.4 is 9.64 Å². The topological polar surface area (TPSA) is 69.5 Å². The van der Waals surface area contributed by atoms with Gasteiger partial charge in [-0.15, -0.1) is 0 Å². The molecule has 0 aromatic carbocycles. The molecule has 0 bridgehead atoms. The largest absolute Gasteiger partial charge is 0.493 e. The Labute approximate surface area is 141 Å². The van der Waals surface area contributed by atoms with Crippen molar-refractivity contribution < 1.29 is 14.3 Å². The highest BCUT2D eigenvalue weighted by Gasteiger charge is 2.37. The van der Waals surface area contributed by atoms with Crippen LogP contribution >= 0.6 is 0 Å². The van der Waals surface area contributed by atoms with E-state index in [1.54, 1.807) is 48.3 Å². The number of carbonyl (C=O) groups is 1. The maximum atomic E-state index is 13.1. The maximum absolute atomic E-state index is 13.1. The van der Waals surface area contributed by atoms with Crippen molar-refractivity contribution in [3.05, 3.63) is 36.3 Å². The summed E-state index contributed by atoms with van der Waals surface area (Å²) in [5.74, 6) is 0.783. The SMILES string of the molecule is COc1cccnc1N(C)C(=O)[C@@H]1CCCO[C@H]1c1ccnn1C. The fourth-order valence-electron chi connectivity index (χ4n) is 3.14. The van der Waals surface area contributed by atoms with E-state index in [9.17, 15) is 4.79 Å². The average molecular weight is 330 g/mol. The quantitative estimate of drug-likeness (QED) is 0.857. The van der Waals surface area contributed by atoms with Crippen LogP contribution in [0, 0.1) is 5.92 Å². The van der Waals surface area contributed by atoms with Gasteiger partial charge in [-0.1, -0.05) is 0 Å². The van der Waals surface area contributed by atoms with Crippen molar-refractivity contribution >= 4 is 11.7 Å². The highest BCUT2D eigenvalue weighted by atomic mass is 16.5. The second kappa shape index (κ2) is 7.00. The Morgan fingerprint density at radius 2 is 2.25 bits per heavy atom. The summed E-state index contributed by atoms with van der Waals surface area (Å²) in [6.45, 7) is 0.649. The first-order valence-corrected chi connectivity index (χ1v) is 7.99. The number of hydrogen-bond donors (Lipinski definition) is 0. The van der Waals surface area contributed by atoms with Gasteiger partial charge in [-0.3, -0.25) is 14.4 Å². The zero-order chi connectivity index (χ0) is 17.1. The average Bonchev–Trinajstić information content (AvgIpc) is 3.06. The minimum atomic E-state index is -0.295. The van der Waals surface area contributed by atoms with Crippen molar-refractivity contribution in [2.45, 2.75) is 18.9 Å². The fraction of sp³-hybridized carbons (Fsp3) is 0.471. The van der Waals surface area contributed by atoms with Gasteiger partial charge >= 0.3 is 0 Å². The third-order valence-electron chi connectivity index (χ3n) is 4.41. The molecule has 2 aromatic heterocycles. The van der Waals surface area contributed by atoms with Crippen molar-refractivity contribution in [1.29, 1.82) is 0 Å². The number of pyridine rings is 1. The summed E-state index contributed by atoms with van der Waals surface area (Å²) in [5.41, 5.74) is 0.912. The van der Waals surface area contributed by atoms with E-state index in [2.05, 4.69) is 10.1 Å². The number of anilines is 1. The number of carbonyl (C=O) groups excluding carboxylic acids is 1. The summed E-state index contributed by atoms with van der Waals surface area (Å²) in [4.78, 5) is 19.0. The van der Waals surface area contributed by atoms with E-state index in [4.69, 9.17) is 9.47 Å². The summed E-state index contributed by atoms with van der Waals surface area (Å²) in [6.07, 6.45) is 4.71. The Morgan fingerprint density at radius 1 is 1.42 bits per heavy atom. The Kier molecular flexibility index (Phi) is 4.80. The van der Waals surface area contributed by atoms with Gasteiger partial charge in [-0.2, -0.15) is 5.10 Å². The minimum Gasteiger partial charge on any atom is -0.493 e. The highest BCUT2D eigenvalue weighted by molar-refractivity contribution is 5.95. The molecule has 128 valence electrons. The molecule has 1 aliphatic heterocycles. The van der Waals surface area contributed by atoms with E-state index in [0.717, 1.165) is 18.5 Å². The standard InChI is InChI=1S/C17H22N4O3/c1-20(16-14(23-3)7-4-9-18-16)17(22)12-6-5-11-24-15(12)13-8-10-19-21(13)2/h4,7-10,12,15H,5-6,11H2,1-3H3/t12-,15-/m1/s1. The molecule has 0 radical (unpaired) electrons. The summed E-state index contributed by atoms with van der Waals surface area (Å²) >= 11 is 0. The van der Waals surface area contributed by atoms with E-state index in [-0.39, 0.29) is 17.9 Å². The Balaban J connectivity index is 1.88. The zero-order valence-corrected chi connectivity index (χ0v) is 14.2. The molecule has 7 heteroatoms. The van der Waals surface area contributed by atoms with Crippen molar-refractivity contribution in [3.63, 3.8) is 0 Å². The molecule has 3 rings (SSSR count). The third-order valence-corrected chi connectivity index (χ3v) is 4.41. The molecule has 2 aromatic rings. The molecule has 1 aliphatic rings. The number of aromatic nitrogens is 3.